The third kappa shape index (κ3) is 4.17. The van der Waals surface area contributed by atoms with Crippen molar-refractivity contribution >= 4 is 44.9 Å². The molecular weight excluding hydrogens is 410 g/mol. The number of aromatic nitrogens is 4. The molecule has 0 aliphatic carbocycles. The number of nitrogens with zero attached hydrogens (tertiary/aromatic N) is 6. The average Bonchev–Trinajstić information content (AvgIpc) is 3.27. The Morgan fingerprint density at radius 1 is 1.00 bits per heavy atom. The van der Waals surface area contributed by atoms with Crippen molar-refractivity contribution in [3.05, 3.63) is 65.3 Å². The molecule has 1 saturated heterocycles. The molecule has 1 aliphatic rings. The zero-order valence-corrected chi connectivity index (χ0v) is 17.8. The molecule has 3 aromatic heterocycles. The summed E-state index contributed by atoms with van der Waals surface area (Å²) >= 11 is 1.55. The highest BCUT2D eigenvalue weighted by molar-refractivity contribution is 7.16. The van der Waals surface area contributed by atoms with Crippen LogP contribution in [0, 0.1) is 6.92 Å². The summed E-state index contributed by atoms with van der Waals surface area (Å²) in [6, 6.07) is 15.3. The van der Waals surface area contributed by atoms with Crippen molar-refractivity contribution in [3.8, 4) is 0 Å². The molecule has 1 aliphatic heterocycles. The minimum atomic E-state index is 0.0613. The number of nitrogens with one attached hydrogen (secondary N) is 1. The summed E-state index contributed by atoms with van der Waals surface area (Å²) in [5.74, 6) is 2.26. The number of thiazole rings is 1. The van der Waals surface area contributed by atoms with Crippen LogP contribution in [0.4, 0.5) is 17.5 Å². The number of amides is 1. The van der Waals surface area contributed by atoms with E-state index >= 15 is 0 Å². The third-order valence-electron chi connectivity index (χ3n) is 5.26. The third-order valence-corrected chi connectivity index (χ3v) is 6.06. The van der Waals surface area contributed by atoms with E-state index in [1.807, 2.05) is 60.4 Å². The average molecular weight is 432 g/mol. The second-order valence-electron chi connectivity index (χ2n) is 7.38. The number of carbonyl (C=O) groups is 1. The van der Waals surface area contributed by atoms with Crippen molar-refractivity contribution in [1.82, 2.24) is 25.1 Å². The summed E-state index contributed by atoms with van der Waals surface area (Å²) in [6.07, 6.45) is 0. The van der Waals surface area contributed by atoms with Gasteiger partial charge < -0.3 is 15.1 Å². The fraction of sp³-hybridized carbons (Fsp3) is 0.227. The molecule has 31 heavy (non-hydrogen) atoms. The van der Waals surface area contributed by atoms with Crippen molar-refractivity contribution in [3.63, 3.8) is 0 Å². The van der Waals surface area contributed by atoms with Gasteiger partial charge in [0.2, 0.25) is 0 Å². The zero-order valence-electron chi connectivity index (χ0n) is 17.0. The van der Waals surface area contributed by atoms with Crippen molar-refractivity contribution in [2.24, 2.45) is 0 Å². The predicted molar refractivity (Wildman–Crippen MR) is 122 cm³/mol. The second kappa shape index (κ2) is 8.27. The van der Waals surface area contributed by atoms with Gasteiger partial charge in [0.25, 0.3) is 5.91 Å². The van der Waals surface area contributed by atoms with Gasteiger partial charge >= 0.3 is 0 Å². The molecule has 4 heterocycles. The minimum Gasteiger partial charge on any atom is -0.352 e. The second-order valence-corrected chi connectivity index (χ2v) is 8.27. The fourth-order valence-electron chi connectivity index (χ4n) is 3.61. The lowest BCUT2D eigenvalue weighted by molar-refractivity contribution is 0.0746. The SMILES string of the molecule is Cc1cccc(Nc2ccc(N3CCN(C(=O)c4ccc5ncsc5c4)CC3)nn2)n1. The molecule has 1 aromatic carbocycles. The van der Waals surface area contributed by atoms with Crippen LogP contribution in [0.5, 0.6) is 0 Å². The molecule has 0 unspecified atom stereocenters. The molecule has 0 bridgehead atoms. The molecule has 0 saturated carbocycles. The number of aryl methyl sites for hydroxylation is 1. The van der Waals surface area contributed by atoms with Crippen LogP contribution in [-0.2, 0) is 0 Å². The van der Waals surface area contributed by atoms with Gasteiger partial charge in [0.05, 0.1) is 15.7 Å². The Balaban J connectivity index is 1.20. The van der Waals surface area contributed by atoms with E-state index in [2.05, 4.69) is 30.4 Å². The number of benzene rings is 1. The topological polar surface area (TPSA) is 87.1 Å². The summed E-state index contributed by atoms with van der Waals surface area (Å²) < 4.78 is 1.04. The fourth-order valence-corrected chi connectivity index (χ4v) is 4.33. The van der Waals surface area contributed by atoms with Crippen molar-refractivity contribution in [1.29, 1.82) is 0 Å². The van der Waals surface area contributed by atoms with E-state index < -0.39 is 0 Å². The van der Waals surface area contributed by atoms with Crippen LogP contribution in [0.1, 0.15) is 16.1 Å². The quantitative estimate of drug-likeness (QED) is 0.529. The number of hydrogen-bond acceptors (Lipinski definition) is 8. The number of anilines is 3. The molecule has 156 valence electrons. The van der Waals surface area contributed by atoms with E-state index in [4.69, 9.17) is 0 Å². The van der Waals surface area contributed by atoms with Crippen LogP contribution in [0.2, 0.25) is 0 Å². The summed E-state index contributed by atoms with van der Waals surface area (Å²) in [5, 5.41) is 11.8. The van der Waals surface area contributed by atoms with E-state index in [1.165, 1.54) is 0 Å². The monoisotopic (exact) mass is 431 g/mol. The van der Waals surface area contributed by atoms with Crippen molar-refractivity contribution < 1.29 is 4.79 Å². The van der Waals surface area contributed by atoms with Crippen LogP contribution < -0.4 is 10.2 Å². The molecule has 0 atom stereocenters. The largest absolute Gasteiger partial charge is 0.352 e. The molecule has 5 rings (SSSR count). The maximum atomic E-state index is 12.9. The van der Waals surface area contributed by atoms with Gasteiger partial charge in [-0.05, 0) is 49.4 Å². The molecule has 1 fully saturated rings. The number of fused-ring (bicyclic) bond motifs is 1. The summed E-state index contributed by atoms with van der Waals surface area (Å²) in [4.78, 5) is 25.6. The molecule has 1 amide bonds. The van der Waals surface area contributed by atoms with E-state index in [1.54, 1.807) is 16.8 Å². The number of carbonyl (C=O) groups excluding carboxylic acids is 1. The first kappa shape index (κ1) is 19.4. The highest BCUT2D eigenvalue weighted by Gasteiger charge is 2.23. The van der Waals surface area contributed by atoms with E-state index in [-0.39, 0.29) is 5.91 Å². The lowest BCUT2D eigenvalue weighted by Crippen LogP contribution is -2.49. The van der Waals surface area contributed by atoms with Gasteiger partial charge in [-0.25, -0.2) is 9.97 Å². The maximum absolute atomic E-state index is 12.9. The Bertz CT molecular complexity index is 1220. The predicted octanol–water partition coefficient (Wildman–Crippen LogP) is 3.50. The van der Waals surface area contributed by atoms with Crippen LogP contribution >= 0.6 is 11.3 Å². The normalized spacial score (nSPS) is 14.1. The summed E-state index contributed by atoms with van der Waals surface area (Å²) in [6.45, 7) is 4.68. The number of hydrogen-bond donors (Lipinski definition) is 1. The van der Waals surface area contributed by atoms with Gasteiger partial charge in [0, 0.05) is 37.4 Å². The van der Waals surface area contributed by atoms with E-state index in [9.17, 15) is 4.79 Å². The van der Waals surface area contributed by atoms with Gasteiger partial charge in [0.15, 0.2) is 11.6 Å². The van der Waals surface area contributed by atoms with Gasteiger partial charge in [-0.1, -0.05) is 6.07 Å². The smallest absolute Gasteiger partial charge is 0.254 e. The Labute approximate surface area is 183 Å². The van der Waals surface area contributed by atoms with Gasteiger partial charge in [-0.15, -0.1) is 21.5 Å². The first-order valence-electron chi connectivity index (χ1n) is 10.1. The Morgan fingerprint density at radius 2 is 1.87 bits per heavy atom. The molecule has 8 nitrogen and oxygen atoms in total. The lowest BCUT2D eigenvalue weighted by atomic mass is 10.1. The van der Waals surface area contributed by atoms with Gasteiger partial charge in [0.1, 0.15) is 5.82 Å². The molecule has 0 radical (unpaired) electrons. The maximum Gasteiger partial charge on any atom is 0.254 e. The van der Waals surface area contributed by atoms with Crippen LogP contribution in [0.25, 0.3) is 10.2 Å². The van der Waals surface area contributed by atoms with Crippen molar-refractivity contribution in [2.45, 2.75) is 6.92 Å². The lowest BCUT2D eigenvalue weighted by Gasteiger charge is -2.35. The number of piperazine rings is 1. The first-order chi connectivity index (χ1) is 15.2. The van der Waals surface area contributed by atoms with Gasteiger partial charge in [-0.3, -0.25) is 4.79 Å². The summed E-state index contributed by atoms with van der Waals surface area (Å²) in [5.41, 5.74) is 4.39. The van der Waals surface area contributed by atoms with Gasteiger partial charge in [-0.2, -0.15) is 0 Å². The highest BCUT2D eigenvalue weighted by Crippen LogP contribution is 2.21. The van der Waals surface area contributed by atoms with Crippen LogP contribution in [0.15, 0.2) is 54.0 Å². The van der Waals surface area contributed by atoms with E-state index in [0.717, 1.165) is 40.6 Å². The Hall–Kier alpha value is -3.59. The van der Waals surface area contributed by atoms with E-state index in [0.29, 0.717) is 24.5 Å². The zero-order chi connectivity index (χ0) is 21.2. The minimum absolute atomic E-state index is 0.0613. The first-order valence-corrected chi connectivity index (χ1v) is 11.0. The molecule has 4 aromatic rings. The molecule has 9 heteroatoms. The highest BCUT2D eigenvalue weighted by atomic mass is 32.1. The summed E-state index contributed by atoms with van der Waals surface area (Å²) in [7, 11) is 0. The van der Waals surface area contributed by atoms with Crippen LogP contribution in [0.3, 0.4) is 0 Å². The molecular formula is C22H21N7OS. The van der Waals surface area contributed by atoms with Crippen LogP contribution in [-0.4, -0.2) is 57.2 Å². The van der Waals surface area contributed by atoms with Crippen molar-refractivity contribution in [2.75, 3.05) is 36.4 Å². The molecule has 0 spiro atoms. The number of rotatable bonds is 4. The Morgan fingerprint density at radius 3 is 2.65 bits per heavy atom. The molecule has 1 N–H and O–H groups in total. The standard InChI is InChI=1S/C22H21N7OS/c1-15-3-2-4-19(24-15)25-20-7-8-21(27-26-20)28-9-11-29(12-10-28)22(30)16-5-6-17-18(13-16)31-14-23-17/h2-8,13-14H,9-12H2,1H3,(H,24,25,26). The number of pyridine rings is 1. The Kier molecular flexibility index (Phi) is 5.17.